The first kappa shape index (κ1) is 14.7. The predicted octanol–water partition coefficient (Wildman–Crippen LogP) is 5.59. The van der Waals surface area contributed by atoms with Crippen molar-refractivity contribution in [1.29, 1.82) is 0 Å². The molecule has 0 N–H and O–H groups in total. The van der Waals surface area contributed by atoms with E-state index in [1.54, 1.807) is 5.57 Å². The summed E-state index contributed by atoms with van der Waals surface area (Å²) in [6.45, 7) is 11.4. The van der Waals surface area contributed by atoms with Crippen molar-refractivity contribution in [2.24, 2.45) is 11.8 Å². The van der Waals surface area contributed by atoms with E-state index in [1.165, 1.54) is 38.5 Å². The summed E-state index contributed by atoms with van der Waals surface area (Å²) in [5.41, 5.74) is 1.57. The minimum Gasteiger partial charge on any atom is -0.0887 e. The van der Waals surface area contributed by atoms with Gasteiger partial charge in [0.05, 0.1) is 0 Å². The summed E-state index contributed by atoms with van der Waals surface area (Å²) in [5.74, 6) is 1.84. The molecule has 0 saturated heterocycles. The molecule has 2 unspecified atom stereocenters. The van der Waals surface area contributed by atoms with E-state index in [0.29, 0.717) is 0 Å². The molecule has 2 atom stereocenters. The maximum absolute atomic E-state index is 2.38. The average Bonchev–Trinajstić information content (AvgIpc) is 2.25. The van der Waals surface area contributed by atoms with Gasteiger partial charge in [-0.1, -0.05) is 58.1 Å². The second-order valence-electron chi connectivity index (χ2n) is 5.08. The Morgan fingerprint density at radius 1 is 1.13 bits per heavy atom. The predicted molar refractivity (Wildman–Crippen MR) is 71.1 cm³/mol. The maximum atomic E-state index is 2.38. The fourth-order valence-corrected chi connectivity index (χ4v) is 2.05. The van der Waals surface area contributed by atoms with E-state index >= 15 is 0 Å². The van der Waals surface area contributed by atoms with Crippen LogP contribution >= 0.6 is 0 Å². The molecule has 0 nitrogen and oxygen atoms in total. The standard InChI is InChI=1S/C15H30/c1-6-9-15(12-14(5)8-3)11-10-13(4)7-2/h8,13,15H,6-7,9-12H2,1-5H3. The molecule has 0 aliphatic rings. The van der Waals surface area contributed by atoms with Gasteiger partial charge < -0.3 is 0 Å². The van der Waals surface area contributed by atoms with E-state index in [1.807, 2.05) is 0 Å². The topological polar surface area (TPSA) is 0 Å². The molecule has 0 bridgehead atoms. The number of rotatable bonds is 8. The fraction of sp³-hybridized carbons (Fsp3) is 0.867. The lowest BCUT2D eigenvalue weighted by molar-refractivity contribution is 0.378. The van der Waals surface area contributed by atoms with Crippen LogP contribution in [0.2, 0.25) is 0 Å². The van der Waals surface area contributed by atoms with Crippen LogP contribution < -0.4 is 0 Å². The number of hydrogen-bond donors (Lipinski definition) is 0. The second kappa shape index (κ2) is 9.00. The van der Waals surface area contributed by atoms with Crippen LogP contribution in [0.25, 0.3) is 0 Å². The maximum Gasteiger partial charge on any atom is -0.0295 e. The Morgan fingerprint density at radius 2 is 1.80 bits per heavy atom. The zero-order valence-corrected chi connectivity index (χ0v) is 11.5. The molecule has 0 aromatic carbocycles. The van der Waals surface area contributed by atoms with Crippen LogP contribution in [0.15, 0.2) is 11.6 Å². The Bertz CT molecular complexity index is 167. The van der Waals surface area contributed by atoms with Crippen molar-refractivity contribution in [2.45, 2.75) is 73.1 Å². The van der Waals surface area contributed by atoms with Gasteiger partial charge >= 0.3 is 0 Å². The van der Waals surface area contributed by atoms with Gasteiger partial charge in [0.25, 0.3) is 0 Å². The Hall–Kier alpha value is -0.260. The minimum atomic E-state index is 0.912. The van der Waals surface area contributed by atoms with E-state index in [9.17, 15) is 0 Å². The summed E-state index contributed by atoms with van der Waals surface area (Å²) in [7, 11) is 0. The van der Waals surface area contributed by atoms with Crippen LogP contribution in [-0.2, 0) is 0 Å². The van der Waals surface area contributed by atoms with Gasteiger partial charge in [-0.05, 0) is 38.5 Å². The Morgan fingerprint density at radius 3 is 2.27 bits per heavy atom. The Labute approximate surface area is 97.2 Å². The highest BCUT2D eigenvalue weighted by atomic mass is 14.2. The first-order valence-corrected chi connectivity index (χ1v) is 6.75. The summed E-state index contributed by atoms with van der Waals surface area (Å²) in [4.78, 5) is 0. The van der Waals surface area contributed by atoms with E-state index in [-0.39, 0.29) is 0 Å². The summed E-state index contributed by atoms with van der Waals surface area (Å²) in [6, 6.07) is 0. The molecule has 0 heteroatoms. The van der Waals surface area contributed by atoms with Crippen LogP contribution in [0, 0.1) is 11.8 Å². The SMILES string of the molecule is CC=C(C)CC(CCC)CCC(C)CC. The van der Waals surface area contributed by atoms with Crippen molar-refractivity contribution in [1.82, 2.24) is 0 Å². The number of allylic oxidation sites excluding steroid dienone is 2. The third-order valence-electron chi connectivity index (χ3n) is 3.57. The van der Waals surface area contributed by atoms with Gasteiger partial charge in [-0.3, -0.25) is 0 Å². The highest BCUT2D eigenvalue weighted by molar-refractivity contribution is 4.96. The molecule has 0 aromatic heterocycles. The summed E-state index contributed by atoms with van der Waals surface area (Å²) >= 11 is 0. The van der Waals surface area contributed by atoms with Crippen LogP contribution in [0.5, 0.6) is 0 Å². The molecule has 0 fully saturated rings. The van der Waals surface area contributed by atoms with Gasteiger partial charge in [0.15, 0.2) is 0 Å². The zero-order valence-electron chi connectivity index (χ0n) is 11.5. The fourth-order valence-electron chi connectivity index (χ4n) is 2.05. The smallest absolute Gasteiger partial charge is 0.0295 e. The minimum absolute atomic E-state index is 0.912. The molecule has 0 spiro atoms. The summed E-state index contributed by atoms with van der Waals surface area (Å²) in [6.07, 6.45) is 10.5. The Kier molecular flexibility index (Phi) is 8.85. The van der Waals surface area contributed by atoms with Crippen molar-refractivity contribution in [3.63, 3.8) is 0 Å². The molecule has 0 saturated carbocycles. The zero-order chi connectivity index (χ0) is 11.7. The van der Waals surface area contributed by atoms with E-state index < -0.39 is 0 Å². The van der Waals surface area contributed by atoms with Crippen molar-refractivity contribution in [2.75, 3.05) is 0 Å². The van der Waals surface area contributed by atoms with Crippen molar-refractivity contribution in [3.05, 3.63) is 11.6 Å². The quantitative estimate of drug-likeness (QED) is 0.458. The van der Waals surface area contributed by atoms with Gasteiger partial charge in [0.2, 0.25) is 0 Å². The number of hydrogen-bond acceptors (Lipinski definition) is 0. The molecular formula is C15H30. The van der Waals surface area contributed by atoms with Crippen molar-refractivity contribution < 1.29 is 0 Å². The first-order valence-electron chi connectivity index (χ1n) is 6.75. The molecule has 0 heterocycles. The highest BCUT2D eigenvalue weighted by Crippen LogP contribution is 2.24. The summed E-state index contributed by atoms with van der Waals surface area (Å²) < 4.78 is 0. The largest absolute Gasteiger partial charge is 0.0887 e. The molecule has 0 radical (unpaired) electrons. The van der Waals surface area contributed by atoms with Crippen LogP contribution in [0.3, 0.4) is 0 Å². The molecule has 90 valence electrons. The van der Waals surface area contributed by atoms with Gasteiger partial charge in [-0.2, -0.15) is 0 Å². The van der Waals surface area contributed by atoms with E-state index in [4.69, 9.17) is 0 Å². The molecule has 0 aliphatic heterocycles. The van der Waals surface area contributed by atoms with Crippen LogP contribution in [0.1, 0.15) is 73.1 Å². The monoisotopic (exact) mass is 210 g/mol. The second-order valence-corrected chi connectivity index (χ2v) is 5.08. The Balaban J connectivity index is 3.92. The molecule has 0 amide bonds. The molecule has 0 aromatic rings. The third kappa shape index (κ3) is 7.64. The van der Waals surface area contributed by atoms with Gasteiger partial charge in [-0.15, -0.1) is 0 Å². The first-order chi connectivity index (χ1) is 7.13. The summed E-state index contributed by atoms with van der Waals surface area (Å²) in [5, 5.41) is 0. The lowest BCUT2D eigenvalue weighted by atomic mass is 9.88. The normalized spacial score (nSPS) is 16.5. The van der Waals surface area contributed by atoms with Gasteiger partial charge in [0, 0.05) is 0 Å². The molecule has 15 heavy (non-hydrogen) atoms. The molecule has 0 aliphatic carbocycles. The lowest BCUT2D eigenvalue weighted by Crippen LogP contribution is -2.04. The van der Waals surface area contributed by atoms with E-state index in [0.717, 1.165) is 11.8 Å². The highest BCUT2D eigenvalue weighted by Gasteiger charge is 2.10. The van der Waals surface area contributed by atoms with Gasteiger partial charge in [-0.25, -0.2) is 0 Å². The van der Waals surface area contributed by atoms with Crippen molar-refractivity contribution in [3.8, 4) is 0 Å². The molecule has 0 rings (SSSR count). The lowest BCUT2D eigenvalue weighted by Gasteiger charge is -2.18. The van der Waals surface area contributed by atoms with E-state index in [2.05, 4.69) is 40.7 Å². The van der Waals surface area contributed by atoms with Crippen LogP contribution in [-0.4, -0.2) is 0 Å². The van der Waals surface area contributed by atoms with Crippen molar-refractivity contribution >= 4 is 0 Å². The third-order valence-corrected chi connectivity index (χ3v) is 3.57. The van der Waals surface area contributed by atoms with Gasteiger partial charge in [0.1, 0.15) is 0 Å². The van der Waals surface area contributed by atoms with Crippen LogP contribution in [0.4, 0.5) is 0 Å². The average molecular weight is 210 g/mol. The molecular weight excluding hydrogens is 180 g/mol.